The summed E-state index contributed by atoms with van der Waals surface area (Å²) in [6.07, 6.45) is 4.33. The van der Waals surface area contributed by atoms with Crippen molar-refractivity contribution in [1.29, 1.82) is 0 Å². The van der Waals surface area contributed by atoms with Crippen molar-refractivity contribution in [2.24, 2.45) is 5.92 Å². The van der Waals surface area contributed by atoms with E-state index >= 15 is 0 Å². The molecule has 1 amide bonds. The van der Waals surface area contributed by atoms with Crippen LogP contribution in [0.5, 0.6) is 5.75 Å². The number of hydrogen-bond acceptors (Lipinski definition) is 3. The van der Waals surface area contributed by atoms with Crippen molar-refractivity contribution in [3.63, 3.8) is 0 Å². The molecule has 1 heterocycles. The van der Waals surface area contributed by atoms with Crippen LogP contribution in [0.2, 0.25) is 0 Å². The van der Waals surface area contributed by atoms with Crippen LogP contribution in [0.15, 0.2) is 48.5 Å². The number of likely N-dealkylation sites (N-methyl/N-ethyl adjacent to an activating group) is 1. The van der Waals surface area contributed by atoms with E-state index in [2.05, 4.69) is 42.4 Å². The van der Waals surface area contributed by atoms with Gasteiger partial charge in [-0.15, -0.1) is 0 Å². The molecule has 2 N–H and O–H groups in total. The molecule has 3 atom stereocenters. The minimum Gasteiger partial charge on any atom is -0.508 e. The van der Waals surface area contributed by atoms with Gasteiger partial charge < -0.3 is 15.3 Å². The number of aryl methyl sites for hydroxylation is 1. The number of phenolic OH excluding ortho intramolecular Hbond substituents is 1. The zero-order chi connectivity index (χ0) is 20.4. The summed E-state index contributed by atoms with van der Waals surface area (Å²) in [6, 6.07) is 16.6. The molecule has 1 aliphatic heterocycles. The summed E-state index contributed by atoms with van der Waals surface area (Å²) in [4.78, 5) is 14.9. The summed E-state index contributed by atoms with van der Waals surface area (Å²) in [5.41, 5.74) is 3.88. The Morgan fingerprint density at radius 3 is 2.83 bits per heavy atom. The highest BCUT2D eigenvalue weighted by Crippen LogP contribution is 2.51. The molecule has 2 aromatic rings. The Labute approximate surface area is 173 Å². The number of rotatable bonds is 6. The van der Waals surface area contributed by atoms with Gasteiger partial charge in [-0.1, -0.05) is 43.3 Å². The molecule has 1 fully saturated rings. The third kappa shape index (κ3) is 3.91. The molecule has 1 saturated heterocycles. The van der Waals surface area contributed by atoms with Crippen LogP contribution in [-0.2, 0) is 23.1 Å². The fourth-order valence-electron chi connectivity index (χ4n) is 5.57. The highest BCUT2D eigenvalue weighted by Gasteiger charge is 2.50. The Morgan fingerprint density at radius 2 is 2.03 bits per heavy atom. The lowest BCUT2D eigenvalue weighted by Gasteiger charge is -2.55. The van der Waals surface area contributed by atoms with Gasteiger partial charge >= 0.3 is 0 Å². The number of piperidine rings is 1. The van der Waals surface area contributed by atoms with Crippen LogP contribution < -0.4 is 5.32 Å². The number of hydrogen-bond donors (Lipinski definition) is 2. The average molecular weight is 393 g/mol. The van der Waals surface area contributed by atoms with Crippen LogP contribution in [-0.4, -0.2) is 42.1 Å². The molecule has 0 unspecified atom stereocenters. The van der Waals surface area contributed by atoms with Crippen molar-refractivity contribution in [3.05, 3.63) is 65.2 Å². The Hall–Kier alpha value is -2.33. The first-order chi connectivity index (χ1) is 14.0. The molecule has 4 nitrogen and oxygen atoms in total. The summed E-state index contributed by atoms with van der Waals surface area (Å²) in [5.74, 6) is 0.964. The topological polar surface area (TPSA) is 52.6 Å². The van der Waals surface area contributed by atoms with Crippen molar-refractivity contribution in [3.8, 4) is 5.75 Å². The van der Waals surface area contributed by atoms with E-state index in [4.69, 9.17) is 0 Å². The average Bonchev–Trinajstić information content (AvgIpc) is 2.72. The van der Waals surface area contributed by atoms with E-state index in [1.165, 1.54) is 16.7 Å². The first kappa shape index (κ1) is 20.0. The summed E-state index contributed by atoms with van der Waals surface area (Å²) in [7, 11) is 2.22. The maximum atomic E-state index is 12.4. The van der Waals surface area contributed by atoms with E-state index in [1.54, 1.807) is 0 Å². The number of likely N-dealkylation sites (tertiary alicyclic amines) is 1. The summed E-state index contributed by atoms with van der Waals surface area (Å²) < 4.78 is 0. The Kier molecular flexibility index (Phi) is 5.64. The lowest BCUT2D eigenvalue weighted by atomic mass is 9.56. The number of fused-ring (bicyclic) bond motifs is 4. The number of aromatic hydroxyl groups is 1. The molecule has 0 radical (unpaired) electrons. The molecule has 0 saturated carbocycles. The van der Waals surface area contributed by atoms with Crippen LogP contribution >= 0.6 is 0 Å². The molecule has 0 spiro atoms. The number of phenols is 1. The first-order valence-corrected chi connectivity index (χ1v) is 10.8. The zero-order valence-corrected chi connectivity index (χ0v) is 17.5. The quantitative estimate of drug-likeness (QED) is 0.789. The number of carbonyl (C=O) groups is 1. The maximum Gasteiger partial charge on any atom is 0.220 e. The number of nitrogens with zero attached hydrogens (tertiary/aromatic N) is 1. The molecule has 0 aromatic heterocycles. The monoisotopic (exact) mass is 392 g/mol. The van der Waals surface area contributed by atoms with Crippen LogP contribution in [0.3, 0.4) is 0 Å². The van der Waals surface area contributed by atoms with Crippen LogP contribution in [0.4, 0.5) is 0 Å². The van der Waals surface area contributed by atoms with Gasteiger partial charge in [0.05, 0.1) is 0 Å². The van der Waals surface area contributed by atoms with Crippen LogP contribution in [0, 0.1) is 5.92 Å². The molecule has 154 valence electrons. The van der Waals surface area contributed by atoms with Crippen molar-refractivity contribution >= 4 is 5.91 Å². The van der Waals surface area contributed by atoms with E-state index in [9.17, 15) is 9.90 Å². The number of amides is 1. The highest BCUT2D eigenvalue weighted by atomic mass is 16.3. The fraction of sp³-hybridized carbons (Fsp3) is 0.480. The number of nitrogens with one attached hydrogen (secondary N) is 1. The van der Waals surface area contributed by atoms with Crippen molar-refractivity contribution in [2.75, 3.05) is 20.1 Å². The van der Waals surface area contributed by atoms with E-state index in [1.807, 2.05) is 30.3 Å². The van der Waals surface area contributed by atoms with Crippen molar-refractivity contribution < 1.29 is 9.90 Å². The molecule has 4 rings (SSSR count). The molecule has 29 heavy (non-hydrogen) atoms. The number of carbonyl (C=O) groups excluding carboxylic acids is 1. The Bertz CT molecular complexity index is 866. The van der Waals surface area contributed by atoms with Crippen LogP contribution in [0.25, 0.3) is 0 Å². The predicted octanol–water partition coefficient (Wildman–Crippen LogP) is 3.67. The van der Waals surface area contributed by atoms with Gasteiger partial charge in [-0.2, -0.15) is 0 Å². The van der Waals surface area contributed by atoms with E-state index in [0.717, 1.165) is 32.2 Å². The standard InChI is InChI=1S/C25H32N2O2/c1-18-23-16-20-9-10-21(28)17-22(20)25(18,13-15-27(23)2)12-14-26-24(29)11-8-19-6-4-3-5-7-19/h3-7,9-10,17-18,23,28H,8,11-16H2,1-2H3,(H,26,29)/t18-,23+,25+/m0/s1. The second-order valence-corrected chi connectivity index (χ2v) is 8.87. The van der Waals surface area contributed by atoms with Crippen molar-refractivity contribution in [2.45, 2.75) is 50.5 Å². The summed E-state index contributed by atoms with van der Waals surface area (Å²) >= 11 is 0. The minimum absolute atomic E-state index is 0.0240. The first-order valence-electron chi connectivity index (χ1n) is 10.8. The van der Waals surface area contributed by atoms with E-state index in [0.29, 0.717) is 30.7 Å². The van der Waals surface area contributed by atoms with Gasteiger partial charge in [0.1, 0.15) is 5.75 Å². The number of benzene rings is 2. The molecular formula is C25H32N2O2. The molecule has 4 heteroatoms. The van der Waals surface area contributed by atoms with Crippen LogP contribution in [0.1, 0.15) is 42.9 Å². The Morgan fingerprint density at radius 1 is 1.24 bits per heavy atom. The van der Waals surface area contributed by atoms with Gasteiger partial charge in [-0.3, -0.25) is 4.79 Å². The summed E-state index contributed by atoms with van der Waals surface area (Å²) in [5, 5.41) is 13.3. The lowest BCUT2D eigenvalue weighted by molar-refractivity contribution is -0.121. The Balaban J connectivity index is 1.44. The van der Waals surface area contributed by atoms with Gasteiger partial charge in [0.25, 0.3) is 0 Å². The fourth-order valence-corrected chi connectivity index (χ4v) is 5.57. The lowest BCUT2D eigenvalue weighted by Crippen LogP contribution is -2.58. The predicted molar refractivity (Wildman–Crippen MR) is 116 cm³/mol. The van der Waals surface area contributed by atoms with Crippen molar-refractivity contribution in [1.82, 2.24) is 10.2 Å². The smallest absolute Gasteiger partial charge is 0.220 e. The maximum absolute atomic E-state index is 12.4. The summed E-state index contributed by atoms with van der Waals surface area (Å²) in [6.45, 7) is 4.10. The third-order valence-corrected chi connectivity index (χ3v) is 7.36. The molecular weight excluding hydrogens is 360 g/mol. The SMILES string of the molecule is C[C@H]1[C@H]2Cc3ccc(O)cc3[C@]1(CCNC(=O)CCc1ccccc1)CCN2C. The van der Waals surface area contributed by atoms with Gasteiger partial charge in [0.2, 0.25) is 5.91 Å². The second-order valence-electron chi connectivity index (χ2n) is 8.87. The molecule has 2 aromatic carbocycles. The van der Waals surface area contributed by atoms with E-state index in [-0.39, 0.29) is 11.3 Å². The zero-order valence-electron chi connectivity index (χ0n) is 17.5. The molecule has 2 bridgehead atoms. The molecule has 1 aliphatic carbocycles. The molecule has 2 aliphatic rings. The third-order valence-electron chi connectivity index (χ3n) is 7.36. The van der Waals surface area contributed by atoms with Gasteiger partial charge in [-0.05, 0) is 74.0 Å². The minimum atomic E-state index is 0.0240. The highest BCUT2D eigenvalue weighted by molar-refractivity contribution is 5.76. The van der Waals surface area contributed by atoms with Gasteiger partial charge in [0.15, 0.2) is 0 Å². The van der Waals surface area contributed by atoms with Gasteiger partial charge in [0, 0.05) is 24.4 Å². The largest absolute Gasteiger partial charge is 0.508 e. The second kappa shape index (κ2) is 8.19. The van der Waals surface area contributed by atoms with Gasteiger partial charge in [-0.25, -0.2) is 0 Å². The van der Waals surface area contributed by atoms with E-state index < -0.39 is 0 Å². The normalized spacial score (nSPS) is 26.0.